The van der Waals surface area contributed by atoms with E-state index in [1.807, 2.05) is 4.90 Å². The lowest BCUT2D eigenvalue weighted by molar-refractivity contribution is -0.192. The number of nitrogens with one attached hydrogen (secondary N) is 1. The van der Waals surface area contributed by atoms with Crippen LogP contribution in [0.1, 0.15) is 42.5 Å². The Bertz CT molecular complexity index is 1220. The van der Waals surface area contributed by atoms with Crippen molar-refractivity contribution in [3.05, 3.63) is 41.0 Å². The smallest absolute Gasteiger partial charge is 0.490 e. The first kappa shape index (κ1) is 30.0. The van der Waals surface area contributed by atoms with Gasteiger partial charge in [-0.3, -0.25) is 4.72 Å². The highest BCUT2D eigenvalue weighted by Gasteiger charge is 2.38. The Kier molecular flexibility index (Phi) is 10.4. The average molecular weight is 568 g/mol. The third-order valence-corrected chi connectivity index (χ3v) is 6.79. The van der Waals surface area contributed by atoms with Crippen LogP contribution in [0.15, 0.2) is 35.4 Å². The van der Waals surface area contributed by atoms with E-state index in [2.05, 4.69) is 9.71 Å². The number of aromatic carboxylic acids is 1. The molecule has 1 aliphatic rings. The Morgan fingerprint density at radius 3 is 2.16 bits per heavy atom. The number of sulfonamides is 1. The molecule has 2 heterocycles. The van der Waals surface area contributed by atoms with E-state index in [0.717, 1.165) is 25.7 Å². The molecule has 15 heteroatoms. The number of carbonyl (C=O) groups is 2. The van der Waals surface area contributed by atoms with Crippen LogP contribution in [0.5, 0.6) is 5.75 Å². The van der Waals surface area contributed by atoms with Crippen LogP contribution in [-0.4, -0.2) is 61.9 Å². The molecule has 3 rings (SSSR count). The Morgan fingerprint density at radius 1 is 1.08 bits per heavy atom. The van der Waals surface area contributed by atoms with Crippen LogP contribution in [0.25, 0.3) is 0 Å². The molecule has 1 fully saturated rings. The zero-order valence-electron chi connectivity index (χ0n) is 19.6. The standard InChI is InChI=1S/C20H24ClN3O5S.C2HF3O2/c1-29-17-8-7-15(21)12-18(17)30(27,28)23-16-11-14(20(25)26)13-22-19(16)24-9-5-3-2-4-6-10-24;3-2(4,5)1(6)7/h7-8,11-13,23H,2-6,9-10H2,1H3,(H,25,26);(H,6,7). The molecule has 1 saturated heterocycles. The Morgan fingerprint density at radius 2 is 1.65 bits per heavy atom. The number of pyridine rings is 1. The van der Waals surface area contributed by atoms with Gasteiger partial charge in [0.05, 0.1) is 18.4 Å². The molecule has 2 aromatic rings. The number of anilines is 2. The number of alkyl halides is 3. The third kappa shape index (κ3) is 8.67. The fourth-order valence-corrected chi connectivity index (χ4v) is 4.91. The number of aliphatic carboxylic acids is 1. The summed E-state index contributed by atoms with van der Waals surface area (Å²) in [7, 11) is -2.76. The number of ether oxygens (including phenoxy) is 1. The molecule has 0 bridgehead atoms. The lowest BCUT2D eigenvalue weighted by Gasteiger charge is -2.28. The number of rotatable bonds is 6. The van der Waals surface area contributed by atoms with Crippen LogP contribution in [0.4, 0.5) is 24.7 Å². The quantitative estimate of drug-likeness (QED) is 0.454. The fourth-order valence-electron chi connectivity index (χ4n) is 3.42. The summed E-state index contributed by atoms with van der Waals surface area (Å²) in [5, 5.41) is 16.7. The molecule has 1 aromatic heterocycles. The summed E-state index contributed by atoms with van der Waals surface area (Å²) in [5.74, 6) is -3.41. The van der Waals surface area contributed by atoms with E-state index < -0.39 is 28.1 Å². The molecule has 0 radical (unpaired) electrons. The van der Waals surface area contributed by atoms with E-state index in [0.29, 0.717) is 18.9 Å². The molecule has 204 valence electrons. The predicted octanol–water partition coefficient (Wildman–Crippen LogP) is 4.65. The molecule has 0 spiro atoms. The number of halogens is 4. The van der Waals surface area contributed by atoms with Crippen LogP contribution >= 0.6 is 11.6 Å². The van der Waals surface area contributed by atoms with E-state index >= 15 is 0 Å². The van der Waals surface area contributed by atoms with E-state index in [1.165, 1.54) is 44.0 Å². The summed E-state index contributed by atoms with van der Waals surface area (Å²) in [4.78, 5) is 26.5. The third-order valence-electron chi connectivity index (χ3n) is 5.17. The maximum atomic E-state index is 13.1. The van der Waals surface area contributed by atoms with E-state index in [9.17, 15) is 31.5 Å². The van der Waals surface area contributed by atoms with Crippen molar-refractivity contribution < 1.29 is 46.1 Å². The molecule has 0 atom stereocenters. The molecule has 10 nitrogen and oxygen atoms in total. The fraction of sp³-hybridized carbons (Fsp3) is 0.409. The number of hydrogen-bond donors (Lipinski definition) is 3. The van der Waals surface area contributed by atoms with Crippen molar-refractivity contribution in [2.45, 2.75) is 43.2 Å². The van der Waals surface area contributed by atoms with Gasteiger partial charge in [-0.15, -0.1) is 0 Å². The van der Waals surface area contributed by atoms with Gasteiger partial charge in [0.2, 0.25) is 0 Å². The van der Waals surface area contributed by atoms with Crippen molar-refractivity contribution in [1.82, 2.24) is 4.98 Å². The van der Waals surface area contributed by atoms with Crippen LogP contribution < -0.4 is 14.4 Å². The number of hydrogen-bond acceptors (Lipinski definition) is 7. The SMILES string of the molecule is COc1ccc(Cl)cc1S(=O)(=O)Nc1cc(C(=O)O)cnc1N1CCCCCCC1.O=C(O)C(F)(F)F. The maximum Gasteiger partial charge on any atom is 0.490 e. The van der Waals surface area contributed by atoms with Gasteiger partial charge in [-0.05, 0) is 37.1 Å². The van der Waals surface area contributed by atoms with Crippen LogP contribution in [0, 0.1) is 0 Å². The molecule has 3 N–H and O–H groups in total. The van der Waals surface area contributed by atoms with E-state index in [1.54, 1.807) is 0 Å². The number of methoxy groups -OCH3 is 1. The van der Waals surface area contributed by atoms with E-state index in [4.69, 9.17) is 26.2 Å². The first-order chi connectivity index (χ1) is 17.3. The molecule has 1 aliphatic heterocycles. The second-order valence-corrected chi connectivity index (χ2v) is 9.95. The highest BCUT2D eigenvalue weighted by molar-refractivity contribution is 7.92. The van der Waals surface area contributed by atoms with Crippen molar-refractivity contribution in [3.8, 4) is 5.75 Å². The number of benzene rings is 1. The molecular weight excluding hydrogens is 543 g/mol. The Balaban J connectivity index is 0.000000604. The maximum absolute atomic E-state index is 13.1. The average Bonchev–Trinajstić information content (AvgIpc) is 2.78. The summed E-state index contributed by atoms with van der Waals surface area (Å²) in [6.07, 6.45) is 1.42. The van der Waals surface area contributed by atoms with Gasteiger partial charge in [-0.1, -0.05) is 30.9 Å². The second-order valence-electron chi connectivity index (χ2n) is 7.86. The minimum atomic E-state index is -5.08. The zero-order chi connectivity index (χ0) is 27.8. The molecule has 0 aliphatic carbocycles. The summed E-state index contributed by atoms with van der Waals surface area (Å²) in [6.45, 7) is 1.43. The van der Waals surface area contributed by atoms with Crippen LogP contribution in [0.3, 0.4) is 0 Å². The Labute approximate surface area is 216 Å². The lowest BCUT2D eigenvalue weighted by Crippen LogP contribution is -2.29. The summed E-state index contributed by atoms with van der Waals surface area (Å²) in [5.41, 5.74) is -0.000875. The monoisotopic (exact) mass is 567 g/mol. The number of nitrogens with zero attached hydrogens (tertiary/aromatic N) is 2. The first-order valence-corrected chi connectivity index (χ1v) is 12.8. The van der Waals surface area contributed by atoms with Crippen LogP contribution in [-0.2, 0) is 14.8 Å². The van der Waals surface area contributed by atoms with Crippen LogP contribution in [0.2, 0.25) is 5.02 Å². The van der Waals surface area contributed by atoms with Gasteiger partial charge in [0.15, 0.2) is 5.82 Å². The van der Waals surface area contributed by atoms with Gasteiger partial charge in [-0.25, -0.2) is 23.0 Å². The molecule has 0 unspecified atom stereocenters. The second kappa shape index (κ2) is 12.8. The van der Waals surface area contributed by atoms with Crippen molar-refractivity contribution in [1.29, 1.82) is 0 Å². The zero-order valence-corrected chi connectivity index (χ0v) is 21.2. The van der Waals surface area contributed by atoms with Gasteiger partial charge in [0, 0.05) is 24.3 Å². The highest BCUT2D eigenvalue weighted by atomic mass is 35.5. The van der Waals surface area contributed by atoms with E-state index in [-0.39, 0.29) is 26.9 Å². The minimum Gasteiger partial charge on any atom is -0.495 e. The molecule has 0 saturated carbocycles. The van der Waals surface area contributed by atoms with Gasteiger partial charge >= 0.3 is 18.1 Å². The predicted molar refractivity (Wildman–Crippen MR) is 129 cm³/mol. The Hall–Kier alpha value is -3.26. The molecular formula is C22H25ClF3N3O7S. The normalized spacial score (nSPS) is 14.5. The number of aromatic nitrogens is 1. The minimum absolute atomic E-state index is 0.109. The first-order valence-electron chi connectivity index (χ1n) is 10.9. The van der Waals surface area contributed by atoms with Crippen molar-refractivity contribution in [2.75, 3.05) is 29.8 Å². The molecule has 37 heavy (non-hydrogen) atoms. The number of carboxylic acid groups (broad SMARTS) is 2. The van der Waals surface area contributed by atoms with Gasteiger partial charge in [0.1, 0.15) is 10.6 Å². The highest BCUT2D eigenvalue weighted by Crippen LogP contribution is 2.32. The number of carboxylic acids is 2. The lowest BCUT2D eigenvalue weighted by atomic mass is 10.1. The van der Waals surface area contributed by atoms with Crippen molar-refractivity contribution >= 4 is 45.1 Å². The molecule has 1 aromatic carbocycles. The van der Waals surface area contributed by atoms with Gasteiger partial charge in [0.25, 0.3) is 10.0 Å². The van der Waals surface area contributed by atoms with Crippen molar-refractivity contribution in [3.63, 3.8) is 0 Å². The summed E-state index contributed by atoms with van der Waals surface area (Å²) >= 11 is 5.99. The molecule has 0 amide bonds. The summed E-state index contributed by atoms with van der Waals surface area (Å²) in [6, 6.07) is 5.56. The largest absolute Gasteiger partial charge is 0.495 e. The van der Waals surface area contributed by atoms with Gasteiger partial charge in [-0.2, -0.15) is 13.2 Å². The summed E-state index contributed by atoms with van der Waals surface area (Å²) < 4.78 is 65.7. The topological polar surface area (TPSA) is 146 Å². The van der Waals surface area contributed by atoms with Crippen molar-refractivity contribution in [2.24, 2.45) is 0 Å². The van der Waals surface area contributed by atoms with Gasteiger partial charge < -0.3 is 19.8 Å².